The molecule has 0 amide bonds. The number of pyridine rings is 2. The van der Waals surface area contributed by atoms with E-state index in [1.807, 2.05) is 0 Å². The van der Waals surface area contributed by atoms with Crippen LogP contribution in [0.1, 0.15) is 57.4 Å². The first-order chi connectivity index (χ1) is 15.7. The second-order valence-corrected chi connectivity index (χ2v) is 11.1. The predicted molar refractivity (Wildman–Crippen MR) is 136 cm³/mol. The zero-order chi connectivity index (χ0) is 23.1. The summed E-state index contributed by atoms with van der Waals surface area (Å²) in [5, 5.41) is 3.52. The fourth-order valence-corrected chi connectivity index (χ4v) is 5.62. The number of furan rings is 1. The van der Waals surface area contributed by atoms with Crippen LogP contribution < -0.4 is 4.57 Å². The number of rotatable bonds is 1. The molecule has 33 heavy (non-hydrogen) atoms. The van der Waals surface area contributed by atoms with Crippen molar-refractivity contribution in [3.63, 3.8) is 0 Å². The van der Waals surface area contributed by atoms with Gasteiger partial charge in [-0.3, -0.25) is 4.98 Å². The van der Waals surface area contributed by atoms with Gasteiger partial charge in [-0.15, -0.1) is 0 Å². The zero-order valence-electron chi connectivity index (χ0n) is 20.4. The molecule has 2 aromatic carbocycles. The lowest BCUT2D eigenvalue weighted by Gasteiger charge is -2.40. The summed E-state index contributed by atoms with van der Waals surface area (Å²) in [7, 11) is 2.09. The van der Waals surface area contributed by atoms with Crippen molar-refractivity contribution in [1.82, 2.24) is 4.98 Å². The topological polar surface area (TPSA) is 29.9 Å². The van der Waals surface area contributed by atoms with Gasteiger partial charge < -0.3 is 4.42 Å². The van der Waals surface area contributed by atoms with Crippen LogP contribution in [0, 0.1) is 6.92 Å². The highest BCUT2D eigenvalue weighted by molar-refractivity contribution is 6.13. The second kappa shape index (κ2) is 6.66. The average molecular weight is 436 g/mol. The standard InChI is InChI=1S/C30H31N2O/c1-18-10-11-20-21-15-19-16-22-28(30(4,5)13-12-29(22,2)3)31-23(19)17-25(21)33-27(20)26(18)24-9-7-8-14-32(24)6/h7-11,14-17H,12-13H2,1-6H3/q+1. The molecule has 0 saturated heterocycles. The number of nitrogens with zero attached hydrogens (tertiary/aromatic N) is 2. The summed E-state index contributed by atoms with van der Waals surface area (Å²) in [6.45, 7) is 11.5. The smallest absolute Gasteiger partial charge is 0.216 e. The molecular formula is C30H31N2O+. The Morgan fingerprint density at radius 2 is 1.70 bits per heavy atom. The summed E-state index contributed by atoms with van der Waals surface area (Å²) in [6.07, 6.45) is 4.44. The Morgan fingerprint density at radius 3 is 2.48 bits per heavy atom. The number of aromatic nitrogens is 2. The highest BCUT2D eigenvalue weighted by Gasteiger charge is 2.38. The lowest BCUT2D eigenvalue weighted by Crippen LogP contribution is -2.34. The Hall–Kier alpha value is -3.20. The summed E-state index contributed by atoms with van der Waals surface area (Å²) in [5.41, 5.74) is 9.28. The zero-order valence-corrected chi connectivity index (χ0v) is 20.4. The van der Waals surface area contributed by atoms with E-state index in [1.165, 1.54) is 28.6 Å². The molecule has 5 aromatic rings. The van der Waals surface area contributed by atoms with Crippen molar-refractivity contribution in [2.75, 3.05) is 0 Å². The van der Waals surface area contributed by atoms with Crippen LogP contribution in [0.15, 0.2) is 59.1 Å². The van der Waals surface area contributed by atoms with Gasteiger partial charge in [0.05, 0.1) is 16.8 Å². The third kappa shape index (κ3) is 2.95. The van der Waals surface area contributed by atoms with Crippen molar-refractivity contribution >= 4 is 32.8 Å². The van der Waals surface area contributed by atoms with E-state index in [9.17, 15) is 0 Å². The van der Waals surface area contributed by atoms with Gasteiger partial charge in [-0.25, -0.2) is 4.57 Å². The molecule has 0 atom stereocenters. The first-order valence-corrected chi connectivity index (χ1v) is 11.9. The first kappa shape index (κ1) is 20.4. The Morgan fingerprint density at radius 1 is 0.909 bits per heavy atom. The molecule has 0 bridgehead atoms. The van der Waals surface area contributed by atoms with Crippen LogP contribution >= 0.6 is 0 Å². The number of fused-ring (bicyclic) bond motifs is 5. The van der Waals surface area contributed by atoms with E-state index >= 15 is 0 Å². The molecule has 166 valence electrons. The highest BCUT2D eigenvalue weighted by atomic mass is 16.3. The normalized spacial score (nSPS) is 17.0. The minimum absolute atomic E-state index is 0.0915. The summed E-state index contributed by atoms with van der Waals surface area (Å²) >= 11 is 0. The van der Waals surface area contributed by atoms with Crippen LogP contribution in [0.2, 0.25) is 0 Å². The SMILES string of the molecule is Cc1ccc2c(oc3cc4nc5c(cc4cc32)C(C)(C)CCC5(C)C)c1-c1cccc[n+]1C. The van der Waals surface area contributed by atoms with Crippen molar-refractivity contribution in [3.8, 4) is 11.3 Å². The van der Waals surface area contributed by atoms with Crippen LogP contribution in [-0.4, -0.2) is 4.98 Å². The van der Waals surface area contributed by atoms with Gasteiger partial charge in [0.15, 0.2) is 6.20 Å². The summed E-state index contributed by atoms with van der Waals surface area (Å²) in [6, 6.07) is 17.5. The molecule has 3 aromatic heterocycles. The average Bonchev–Trinajstić information content (AvgIpc) is 3.12. The van der Waals surface area contributed by atoms with Crippen LogP contribution in [0.25, 0.3) is 44.1 Å². The minimum Gasteiger partial charge on any atom is -0.455 e. The molecule has 3 nitrogen and oxygen atoms in total. The maximum atomic E-state index is 6.57. The number of hydrogen-bond acceptors (Lipinski definition) is 2. The Kier molecular flexibility index (Phi) is 4.12. The fraction of sp³-hybridized carbons (Fsp3) is 0.333. The third-order valence-electron chi connectivity index (χ3n) is 7.84. The maximum absolute atomic E-state index is 6.57. The number of benzene rings is 2. The summed E-state index contributed by atoms with van der Waals surface area (Å²) < 4.78 is 8.72. The summed E-state index contributed by atoms with van der Waals surface area (Å²) in [4.78, 5) is 5.23. The molecule has 0 spiro atoms. The lowest BCUT2D eigenvalue weighted by molar-refractivity contribution is -0.660. The van der Waals surface area contributed by atoms with Crippen molar-refractivity contribution in [2.45, 2.75) is 58.3 Å². The Bertz CT molecular complexity index is 1590. The van der Waals surface area contributed by atoms with Crippen molar-refractivity contribution in [1.29, 1.82) is 0 Å². The van der Waals surface area contributed by atoms with E-state index in [1.54, 1.807) is 0 Å². The van der Waals surface area contributed by atoms with E-state index < -0.39 is 0 Å². The van der Waals surface area contributed by atoms with Crippen LogP contribution in [0.5, 0.6) is 0 Å². The molecule has 6 rings (SSSR count). The number of aryl methyl sites for hydroxylation is 2. The van der Waals surface area contributed by atoms with Gasteiger partial charge in [0, 0.05) is 39.8 Å². The monoisotopic (exact) mass is 435 g/mol. The van der Waals surface area contributed by atoms with Crippen molar-refractivity contribution in [2.24, 2.45) is 7.05 Å². The fourth-order valence-electron chi connectivity index (χ4n) is 5.62. The molecule has 0 fully saturated rings. The van der Waals surface area contributed by atoms with Gasteiger partial charge in [0.1, 0.15) is 18.2 Å². The van der Waals surface area contributed by atoms with E-state index in [-0.39, 0.29) is 10.8 Å². The summed E-state index contributed by atoms with van der Waals surface area (Å²) in [5.74, 6) is 0. The molecule has 0 aliphatic heterocycles. The molecule has 3 heterocycles. The molecule has 0 N–H and O–H groups in total. The third-order valence-corrected chi connectivity index (χ3v) is 7.84. The molecule has 0 saturated carbocycles. The first-order valence-electron chi connectivity index (χ1n) is 11.9. The molecule has 1 aliphatic carbocycles. The van der Waals surface area contributed by atoms with E-state index in [0.29, 0.717) is 0 Å². The van der Waals surface area contributed by atoms with Crippen LogP contribution in [-0.2, 0) is 17.9 Å². The largest absolute Gasteiger partial charge is 0.455 e. The van der Waals surface area contributed by atoms with Gasteiger partial charge in [-0.2, -0.15) is 0 Å². The molecule has 0 radical (unpaired) electrons. The van der Waals surface area contributed by atoms with Crippen molar-refractivity contribution < 1.29 is 8.98 Å². The maximum Gasteiger partial charge on any atom is 0.216 e. The van der Waals surface area contributed by atoms with E-state index in [4.69, 9.17) is 9.40 Å². The minimum atomic E-state index is 0.0915. The molecule has 3 heteroatoms. The lowest BCUT2D eigenvalue weighted by atomic mass is 9.65. The van der Waals surface area contributed by atoms with Crippen LogP contribution in [0.3, 0.4) is 0 Å². The van der Waals surface area contributed by atoms with Crippen molar-refractivity contribution in [3.05, 3.63) is 71.5 Å². The van der Waals surface area contributed by atoms with Gasteiger partial charge in [-0.1, -0.05) is 39.8 Å². The molecule has 1 aliphatic rings. The van der Waals surface area contributed by atoms with Gasteiger partial charge in [-0.05, 0) is 54.5 Å². The highest BCUT2D eigenvalue weighted by Crippen LogP contribution is 2.46. The molecule has 0 unspecified atom stereocenters. The van der Waals surface area contributed by atoms with Crippen LogP contribution in [0.4, 0.5) is 0 Å². The quantitative estimate of drug-likeness (QED) is 0.259. The van der Waals surface area contributed by atoms with E-state index in [2.05, 4.69) is 101 Å². The van der Waals surface area contributed by atoms with Gasteiger partial charge >= 0.3 is 0 Å². The second-order valence-electron chi connectivity index (χ2n) is 11.1. The van der Waals surface area contributed by atoms with E-state index in [0.717, 1.165) is 45.1 Å². The predicted octanol–water partition coefficient (Wildman–Crippen LogP) is 7.28. The van der Waals surface area contributed by atoms with Gasteiger partial charge in [0.2, 0.25) is 5.69 Å². The Labute approximate surface area is 195 Å². The van der Waals surface area contributed by atoms with Gasteiger partial charge in [0.25, 0.3) is 0 Å². The molecular weight excluding hydrogens is 404 g/mol. The Balaban J connectivity index is 1.68. The number of hydrogen-bond donors (Lipinski definition) is 0.